The van der Waals surface area contributed by atoms with Crippen molar-refractivity contribution >= 4 is 22.6 Å². The van der Waals surface area contributed by atoms with Crippen LogP contribution in [0.2, 0.25) is 0 Å². The van der Waals surface area contributed by atoms with Gasteiger partial charge in [-0.1, -0.05) is 12.1 Å². The summed E-state index contributed by atoms with van der Waals surface area (Å²) in [7, 11) is -1.08. The van der Waals surface area contributed by atoms with Crippen LogP contribution in [-0.2, 0) is 17.2 Å². The number of benzene rings is 1. The molecular weight excluding hydrogens is 398 g/mol. The Kier molecular flexibility index (Phi) is 4.95. The molecule has 5 rings (SSSR count). The molecule has 1 aliphatic carbocycles. The third-order valence-electron chi connectivity index (χ3n) is 6.50. The molecule has 1 aromatic heterocycles. The Bertz CT molecular complexity index is 1020. The number of piperidine rings is 1. The maximum Gasteiger partial charge on any atom is 0.227 e. The van der Waals surface area contributed by atoms with Crippen molar-refractivity contribution in [1.82, 2.24) is 9.97 Å². The molecule has 2 aromatic rings. The third kappa shape index (κ3) is 3.57. The minimum Gasteiger partial charge on any atom is -0.394 e. The van der Waals surface area contributed by atoms with Crippen LogP contribution in [0.25, 0.3) is 0 Å². The summed E-state index contributed by atoms with van der Waals surface area (Å²) >= 11 is 0. The van der Waals surface area contributed by atoms with Crippen LogP contribution in [0.5, 0.6) is 0 Å². The quantitative estimate of drug-likeness (QED) is 0.761. The summed E-state index contributed by atoms with van der Waals surface area (Å²) in [5.41, 5.74) is 2.54. The Hall–Kier alpha value is -2.50. The van der Waals surface area contributed by atoms with Crippen molar-refractivity contribution in [2.45, 2.75) is 48.5 Å². The second-order valence-corrected chi connectivity index (χ2v) is 10.0. The molecule has 0 bridgehead atoms. The van der Waals surface area contributed by atoms with Gasteiger partial charge in [-0.15, -0.1) is 0 Å². The van der Waals surface area contributed by atoms with Crippen molar-refractivity contribution in [3.05, 3.63) is 41.1 Å². The van der Waals surface area contributed by atoms with Crippen LogP contribution in [0.3, 0.4) is 0 Å². The molecule has 7 nitrogen and oxygen atoms in total. The number of anilines is 2. The number of nitrogens with zero attached hydrogens (tertiary/aromatic N) is 4. The average Bonchev–Trinajstić information content (AvgIpc) is 3.47. The highest BCUT2D eigenvalue weighted by molar-refractivity contribution is 7.85. The van der Waals surface area contributed by atoms with Crippen LogP contribution in [0.4, 0.5) is 11.8 Å². The number of rotatable bonds is 5. The lowest BCUT2D eigenvalue weighted by molar-refractivity contribution is 0.265. The maximum absolute atomic E-state index is 12.5. The summed E-state index contributed by atoms with van der Waals surface area (Å²) < 4.78 is 12.5. The average molecular weight is 424 g/mol. The van der Waals surface area contributed by atoms with Gasteiger partial charge in [0.25, 0.3) is 0 Å². The SMILES string of the molecule is N#Cc1ccc(C2CCN(c3nc4c(c(NC5(CO)CC5)n3)S(=O)CC4)CC2)cc1. The highest BCUT2D eigenvalue weighted by Gasteiger charge is 2.44. The third-order valence-corrected chi connectivity index (χ3v) is 7.96. The number of aromatic nitrogens is 2. The van der Waals surface area contributed by atoms with E-state index in [1.54, 1.807) is 0 Å². The van der Waals surface area contributed by atoms with Gasteiger partial charge in [-0.2, -0.15) is 10.2 Å². The molecule has 30 heavy (non-hydrogen) atoms. The van der Waals surface area contributed by atoms with Crippen molar-refractivity contribution in [2.75, 3.05) is 35.7 Å². The molecule has 1 unspecified atom stereocenters. The van der Waals surface area contributed by atoms with Crippen LogP contribution in [-0.4, -0.2) is 50.3 Å². The molecule has 0 amide bonds. The molecular formula is C22H25N5O2S. The van der Waals surface area contributed by atoms with Gasteiger partial charge in [0.1, 0.15) is 10.7 Å². The molecule has 1 saturated carbocycles. The monoisotopic (exact) mass is 423 g/mol. The second-order valence-electron chi connectivity index (χ2n) is 8.51. The zero-order valence-electron chi connectivity index (χ0n) is 16.8. The first-order valence-corrected chi connectivity index (χ1v) is 11.9. The lowest BCUT2D eigenvalue weighted by Crippen LogP contribution is -2.35. The normalized spacial score (nSPS) is 22.4. The van der Waals surface area contributed by atoms with Gasteiger partial charge in [0.15, 0.2) is 0 Å². The molecule has 1 atom stereocenters. The molecule has 2 N–H and O–H groups in total. The molecule has 1 saturated heterocycles. The number of hydrogen-bond acceptors (Lipinski definition) is 7. The van der Waals surface area contributed by atoms with Crippen molar-refractivity contribution in [2.24, 2.45) is 0 Å². The summed E-state index contributed by atoms with van der Waals surface area (Å²) in [6.45, 7) is 1.78. The number of aliphatic hydroxyl groups excluding tert-OH is 1. The summed E-state index contributed by atoms with van der Waals surface area (Å²) in [5, 5.41) is 22.1. The van der Waals surface area contributed by atoms with E-state index in [1.165, 1.54) is 5.56 Å². The Labute approximate surface area is 178 Å². The Morgan fingerprint density at radius 2 is 1.97 bits per heavy atom. The van der Waals surface area contributed by atoms with E-state index in [4.69, 9.17) is 15.2 Å². The van der Waals surface area contributed by atoms with Gasteiger partial charge in [-0.3, -0.25) is 4.21 Å². The molecule has 2 aliphatic heterocycles. The van der Waals surface area contributed by atoms with Gasteiger partial charge in [-0.05, 0) is 49.3 Å². The van der Waals surface area contributed by atoms with Crippen molar-refractivity contribution in [3.63, 3.8) is 0 Å². The van der Waals surface area contributed by atoms with E-state index in [1.807, 2.05) is 12.1 Å². The molecule has 2 fully saturated rings. The van der Waals surface area contributed by atoms with E-state index in [9.17, 15) is 9.32 Å². The van der Waals surface area contributed by atoms with Gasteiger partial charge >= 0.3 is 0 Å². The summed E-state index contributed by atoms with van der Waals surface area (Å²) in [6, 6.07) is 10.1. The highest BCUT2D eigenvalue weighted by atomic mass is 32.2. The predicted molar refractivity (Wildman–Crippen MR) is 115 cm³/mol. The smallest absolute Gasteiger partial charge is 0.227 e. The first-order valence-electron chi connectivity index (χ1n) is 10.5. The Balaban J connectivity index is 1.35. The van der Waals surface area contributed by atoms with Gasteiger partial charge in [0.05, 0.1) is 40.3 Å². The molecule has 1 aromatic carbocycles. The molecule has 8 heteroatoms. The number of fused-ring (bicyclic) bond motifs is 1. The van der Waals surface area contributed by atoms with Gasteiger partial charge in [0, 0.05) is 25.3 Å². The molecule has 3 heterocycles. The van der Waals surface area contributed by atoms with E-state index < -0.39 is 10.8 Å². The van der Waals surface area contributed by atoms with Gasteiger partial charge in [0.2, 0.25) is 5.95 Å². The van der Waals surface area contributed by atoms with E-state index in [0.717, 1.165) is 49.4 Å². The Morgan fingerprint density at radius 1 is 1.23 bits per heavy atom. The minimum atomic E-state index is -1.08. The summed E-state index contributed by atoms with van der Waals surface area (Å²) in [6.07, 6.45) is 4.52. The van der Waals surface area contributed by atoms with Crippen molar-refractivity contribution < 1.29 is 9.32 Å². The van der Waals surface area contributed by atoms with E-state index in [-0.39, 0.29) is 12.1 Å². The highest BCUT2D eigenvalue weighted by Crippen LogP contribution is 2.41. The molecule has 156 valence electrons. The standard InChI is InChI=1S/C22H25N5O2S/c23-13-15-1-3-16(4-2-15)17-5-10-27(11-6-17)21-24-18-7-12-30(29)19(18)20(25-21)26-22(14-28)8-9-22/h1-4,17,28H,5-12,14H2,(H,24,25,26). The van der Waals surface area contributed by atoms with Crippen molar-refractivity contribution in [1.29, 1.82) is 5.26 Å². The minimum absolute atomic E-state index is 0.0593. The van der Waals surface area contributed by atoms with Crippen LogP contribution < -0.4 is 10.2 Å². The summed E-state index contributed by atoms with van der Waals surface area (Å²) in [4.78, 5) is 12.5. The predicted octanol–water partition coefficient (Wildman–Crippen LogP) is 2.33. The second kappa shape index (κ2) is 7.64. The van der Waals surface area contributed by atoms with Gasteiger partial charge in [-0.25, -0.2) is 4.98 Å². The van der Waals surface area contributed by atoms with Crippen LogP contribution in [0, 0.1) is 11.3 Å². The fourth-order valence-electron chi connectivity index (χ4n) is 4.38. The molecule has 0 spiro atoms. The maximum atomic E-state index is 12.5. The zero-order chi connectivity index (χ0) is 20.7. The van der Waals surface area contributed by atoms with E-state index in [0.29, 0.717) is 35.4 Å². The largest absolute Gasteiger partial charge is 0.394 e. The first-order chi connectivity index (χ1) is 14.6. The van der Waals surface area contributed by atoms with Crippen LogP contribution >= 0.6 is 0 Å². The van der Waals surface area contributed by atoms with Crippen LogP contribution in [0.15, 0.2) is 29.2 Å². The number of nitriles is 1. The lowest BCUT2D eigenvalue weighted by atomic mass is 9.89. The summed E-state index contributed by atoms with van der Waals surface area (Å²) in [5.74, 6) is 2.40. The number of aliphatic hydroxyl groups is 1. The lowest BCUT2D eigenvalue weighted by Gasteiger charge is -2.33. The number of nitrogens with one attached hydrogen (secondary N) is 1. The van der Waals surface area contributed by atoms with Crippen LogP contribution in [0.1, 0.15) is 48.4 Å². The Morgan fingerprint density at radius 3 is 2.60 bits per heavy atom. The van der Waals surface area contributed by atoms with E-state index >= 15 is 0 Å². The number of hydrogen-bond donors (Lipinski definition) is 2. The fourth-order valence-corrected chi connectivity index (χ4v) is 5.68. The molecule has 0 radical (unpaired) electrons. The molecule has 3 aliphatic rings. The topological polar surface area (TPSA) is 102 Å². The zero-order valence-corrected chi connectivity index (χ0v) is 17.6. The first kappa shape index (κ1) is 19.5. The van der Waals surface area contributed by atoms with E-state index in [2.05, 4.69) is 28.4 Å². The van der Waals surface area contributed by atoms with Crippen molar-refractivity contribution in [3.8, 4) is 6.07 Å². The van der Waals surface area contributed by atoms with Gasteiger partial charge < -0.3 is 15.3 Å². The number of aryl methyl sites for hydroxylation is 1. The fraction of sp³-hybridized carbons (Fsp3) is 0.500.